The van der Waals surface area contributed by atoms with Crippen LogP contribution in [0.2, 0.25) is 0 Å². The van der Waals surface area contributed by atoms with Crippen LogP contribution in [0.15, 0.2) is 11.2 Å². The third-order valence-corrected chi connectivity index (χ3v) is 3.73. The van der Waals surface area contributed by atoms with Crippen molar-refractivity contribution in [3.05, 3.63) is 17.5 Å². The summed E-state index contributed by atoms with van der Waals surface area (Å²) in [6.45, 7) is 12.4. The maximum absolute atomic E-state index is 5.59. The van der Waals surface area contributed by atoms with Gasteiger partial charge in [0, 0.05) is 45.6 Å². The molecule has 7 heteroatoms. The van der Waals surface area contributed by atoms with Crippen LogP contribution in [0.1, 0.15) is 57.7 Å². The first-order valence-electron chi connectivity index (χ1n) is 9.09. The number of aliphatic imine (C=N–C) groups is 1. The van der Waals surface area contributed by atoms with Crippen molar-refractivity contribution >= 4 is 29.9 Å². The van der Waals surface area contributed by atoms with E-state index in [1.54, 1.807) is 0 Å². The van der Waals surface area contributed by atoms with E-state index in [0.717, 1.165) is 44.2 Å². The van der Waals surface area contributed by atoms with Crippen LogP contribution in [0.3, 0.4) is 0 Å². The van der Waals surface area contributed by atoms with E-state index in [2.05, 4.69) is 61.2 Å². The van der Waals surface area contributed by atoms with Crippen molar-refractivity contribution in [1.82, 2.24) is 20.0 Å². The fourth-order valence-corrected chi connectivity index (χ4v) is 2.53. The Bertz CT molecular complexity index is 502. The molecule has 1 heterocycles. The molecule has 0 bridgehead atoms. The summed E-state index contributed by atoms with van der Waals surface area (Å²) in [5, 5.41) is 7.94. The molecule has 0 saturated carbocycles. The number of ether oxygens (including phenoxy) is 1. The lowest BCUT2D eigenvalue weighted by Crippen LogP contribution is -2.38. The number of unbranched alkanes of at least 4 members (excludes halogenated alkanes) is 1. The molecule has 1 rings (SSSR count). The Morgan fingerprint density at radius 2 is 2.08 bits per heavy atom. The summed E-state index contributed by atoms with van der Waals surface area (Å²) in [5.74, 6) is 1.33. The van der Waals surface area contributed by atoms with E-state index in [1.165, 1.54) is 5.56 Å². The molecule has 1 aromatic heterocycles. The van der Waals surface area contributed by atoms with Crippen molar-refractivity contribution in [1.29, 1.82) is 0 Å². The number of nitrogens with one attached hydrogen (secondary N) is 1. The molecular weight excluding hydrogens is 429 g/mol. The zero-order valence-electron chi connectivity index (χ0n) is 16.7. The maximum Gasteiger partial charge on any atom is 0.194 e. The lowest BCUT2D eigenvalue weighted by molar-refractivity contribution is 0.138. The van der Waals surface area contributed by atoms with Gasteiger partial charge in [0.15, 0.2) is 5.96 Å². The van der Waals surface area contributed by atoms with Gasteiger partial charge in [-0.3, -0.25) is 9.67 Å². The number of hydrogen-bond acceptors (Lipinski definition) is 3. The molecule has 1 N–H and O–H groups in total. The summed E-state index contributed by atoms with van der Waals surface area (Å²) in [6, 6.07) is 0. The van der Waals surface area contributed by atoms with Crippen LogP contribution < -0.4 is 5.32 Å². The Morgan fingerprint density at radius 1 is 1.36 bits per heavy atom. The molecule has 0 unspecified atom stereocenters. The van der Waals surface area contributed by atoms with E-state index in [9.17, 15) is 0 Å². The molecule has 0 radical (unpaired) electrons. The van der Waals surface area contributed by atoms with Crippen LogP contribution in [-0.2, 0) is 18.3 Å². The SMILES string of the molecule is CCCCOCCN=C(NCC)N(C)Cc1cn(C)nc1C(C)C.I. The van der Waals surface area contributed by atoms with Crippen molar-refractivity contribution in [2.24, 2.45) is 12.0 Å². The van der Waals surface area contributed by atoms with E-state index >= 15 is 0 Å². The molecule has 0 aliphatic rings. The second kappa shape index (κ2) is 13.4. The highest BCUT2D eigenvalue weighted by Gasteiger charge is 2.14. The quantitative estimate of drug-likeness (QED) is 0.249. The highest BCUT2D eigenvalue weighted by Crippen LogP contribution is 2.18. The number of aromatic nitrogens is 2. The number of hydrogen-bond donors (Lipinski definition) is 1. The normalized spacial score (nSPS) is 11.6. The van der Waals surface area contributed by atoms with E-state index in [1.807, 2.05) is 11.7 Å². The minimum atomic E-state index is 0. The lowest BCUT2D eigenvalue weighted by atomic mass is 10.1. The Kier molecular flexibility index (Phi) is 12.9. The smallest absolute Gasteiger partial charge is 0.194 e. The first-order chi connectivity index (χ1) is 11.5. The van der Waals surface area contributed by atoms with Gasteiger partial charge in [0.05, 0.1) is 18.8 Å². The molecule has 0 atom stereocenters. The molecule has 0 aromatic carbocycles. The number of guanidine groups is 1. The number of halogens is 1. The van der Waals surface area contributed by atoms with Gasteiger partial charge in [-0.25, -0.2) is 0 Å². The van der Waals surface area contributed by atoms with Gasteiger partial charge >= 0.3 is 0 Å². The average Bonchev–Trinajstić information content (AvgIpc) is 2.90. The van der Waals surface area contributed by atoms with Crippen LogP contribution in [0.5, 0.6) is 0 Å². The second-order valence-corrected chi connectivity index (χ2v) is 6.43. The van der Waals surface area contributed by atoms with Gasteiger partial charge < -0.3 is 15.0 Å². The lowest BCUT2D eigenvalue weighted by Gasteiger charge is -2.22. The predicted molar refractivity (Wildman–Crippen MR) is 116 cm³/mol. The second-order valence-electron chi connectivity index (χ2n) is 6.43. The number of rotatable bonds is 10. The summed E-state index contributed by atoms with van der Waals surface area (Å²) in [5.41, 5.74) is 2.41. The Balaban J connectivity index is 0.00000576. The third-order valence-electron chi connectivity index (χ3n) is 3.73. The van der Waals surface area contributed by atoms with Crippen molar-refractivity contribution in [2.45, 2.75) is 53.0 Å². The van der Waals surface area contributed by atoms with Crippen molar-refractivity contribution in [2.75, 3.05) is 33.4 Å². The molecule has 0 aliphatic carbocycles. The molecule has 0 spiro atoms. The van der Waals surface area contributed by atoms with Crippen LogP contribution in [0.25, 0.3) is 0 Å². The number of aryl methyl sites for hydroxylation is 1. The fraction of sp³-hybridized carbons (Fsp3) is 0.778. The summed E-state index contributed by atoms with van der Waals surface area (Å²) >= 11 is 0. The van der Waals surface area contributed by atoms with Gasteiger partial charge in [-0.15, -0.1) is 24.0 Å². The molecule has 0 amide bonds. The molecular formula is C18H36IN5O. The molecule has 146 valence electrons. The monoisotopic (exact) mass is 465 g/mol. The molecule has 25 heavy (non-hydrogen) atoms. The molecule has 0 aliphatic heterocycles. The van der Waals surface area contributed by atoms with Crippen molar-refractivity contribution < 1.29 is 4.74 Å². The Hall–Kier alpha value is -0.830. The average molecular weight is 465 g/mol. The van der Waals surface area contributed by atoms with E-state index < -0.39 is 0 Å². The summed E-state index contributed by atoms with van der Waals surface area (Å²) < 4.78 is 7.48. The van der Waals surface area contributed by atoms with Gasteiger partial charge in [-0.1, -0.05) is 27.2 Å². The highest BCUT2D eigenvalue weighted by molar-refractivity contribution is 14.0. The van der Waals surface area contributed by atoms with Crippen LogP contribution in [-0.4, -0.2) is 54.0 Å². The van der Waals surface area contributed by atoms with Gasteiger partial charge in [0.1, 0.15) is 0 Å². The van der Waals surface area contributed by atoms with Gasteiger partial charge in [-0.05, 0) is 19.3 Å². The zero-order valence-corrected chi connectivity index (χ0v) is 19.0. The highest BCUT2D eigenvalue weighted by atomic mass is 127. The van der Waals surface area contributed by atoms with E-state index in [4.69, 9.17) is 4.74 Å². The molecule has 0 saturated heterocycles. The standard InChI is InChI=1S/C18H35N5O.HI/c1-7-9-11-24-12-10-20-18(19-8-2)22(5)13-16-14-23(6)21-17(16)15(3)4;/h14-15H,7-13H2,1-6H3,(H,19,20);1H. The summed E-state index contributed by atoms with van der Waals surface area (Å²) in [7, 11) is 4.04. The number of nitrogens with zero attached hydrogens (tertiary/aromatic N) is 4. The minimum Gasteiger partial charge on any atom is -0.380 e. The topological polar surface area (TPSA) is 54.7 Å². The maximum atomic E-state index is 5.59. The van der Waals surface area contributed by atoms with E-state index in [0.29, 0.717) is 19.1 Å². The molecule has 0 fully saturated rings. The van der Waals surface area contributed by atoms with Crippen LogP contribution in [0.4, 0.5) is 0 Å². The van der Waals surface area contributed by atoms with Crippen molar-refractivity contribution in [3.8, 4) is 0 Å². The molecule has 6 nitrogen and oxygen atoms in total. The summed E-state index contributed by atoms with van der Waals surface area (Å²) in [6.07, 6.45) is 4.38. The Labute approximate surface area is 170 Å². The minimum absolute atomic E-state index is 0. The van der Waals surface area contributed by atoms with Gasteiger partial charge in [0.2, 0.25) is 0 Å². The van der Waals surface area contributed by atoms with Gasteiger partial charge in [0.25, 0.3) is 0 Å². The first-order valence-corrected chi connectivity index (χ1v) is 9.09. The largest absolute Gasteiger partial charge is 0.380 e. The fourth-order valence-electron chi connectivity index (χ4n) is 2.53. The molecule has 1 aromatic rings. The summed E-state index contributed by atoms with van der Waals surface area (Å²) in [4.78, 5) is 6.82. The van der Waals surface area contributed by atoms with Crippen molar-refractivity contribution in [3.63, 3.8) is 0 Å². The van der Waals surface area contributed by atoms with Crippen LogP contribution >= 0.6 is 24.0 Å². The third kappa shape index (κ3) is 8.89. The predicted octanol–water partition coefficient (Wildman–Crippen LogP) is 3.38. The van der Waals surface area contributed by atoms with Gasteiger partial charge in [-0.2, -0.15) is 5.10 Å². The van der Waals surface area contributed by atoms with E-state index in [-0.39, 0.29) is 24.0 Å². The zero-order chi connectivity index (χ0) is 17.9. The van der Waals surface area contributed by atoms with Crippen LogP contribution in [0, 0.1) is 0 Å². The Morgan fingerprint density at radius 3 is 2.68 bits per heavy atom. The first kappa shape index (κ1) is 24.2.